The molecule has 0 bridgehead atoms. The number of aliphatic hydroxyl groups excluding tert-OH is 1. The standard InChI is InChI=1S/C19H15ClFN3O5S/c1-22-15-7-6-12(8-14(15)21)29-17-9-24(10-19(17,26)11-25)30(27,28)16-5-3-4-13(20)18(16)23-2/h3-8,17,25-26H,9-11H2/t17-,19+/m0/s1. The number of benzene rings is 2. The van der Waals surface area contributed by atoms with Crippen molar-refractivity contribution in [3.8, 4) is 5.75 Å². The summed E-state index contributed by atoms with van der Waals surface area (Å²) < 4.78 is 46.5. The van der Waals surface area contributed by atoms with E-state index in [-0.39, 0.29) is 33.6 Å². The van der Waals surface area contributed by atoms with E-state index >= 15 is 0 Å². The largest absolute Gasteiger partial charge is 0.486 e. The minimum absolute atomic E-state index is 0.0362. The molecule has 0 radical (unpaired) electrons. The van der Waals surface area contributed by atoms with Crippen LogP contribution in [0.15, 0.2) is 41.3 Å². The van der Waals surface area contributed by atoms with Crippen LogP contribution in [0.1, 0.15) is 0 Å². The number of hydrogen-bond acceptors (Lipinski definition) is 5. The summed E-state index contributed by atoms with van der Waals surface area (Å²) in [6, 6.07) is 7.42. The van der Waals surface area contributed by atoms with Gasteiger partial charge < -0.3 is 14.9 Å². The van der Waals surface area contributed by atoms with Crippen molar-refractivity contribution in [3.05, 3.63) is 70.1 Å². The van der Waals surface area contributed by atoms with E-state index in [1.807, 2.05) is 0 Å². The zero-order valence-corrected chi connectivity index (χ0v) is 16.9. The normalized spacial score (nSPS) is 21.7. The molecule has 2 N–H and O–H groups in total. The van der Waals surface area contributed by atoms with Gasteiger partial charge in [0.1, 0.15) is 23.3 Å². The zero-order chi connectivity index (χ0) is 22.1. The van der Waals surface area contributed by atoms with Crippen molar-refractivity contribution in [1.29, 1.82) is 0 Å². The van der Waals surface area contributed by atoms with Crippen molar-refractivity contribution in [2.75, 3.05) is 19.7 Å². The first-order valence-corrected chi connectivity index (χ1v) is 10.3. The first kappa shape index (κ1) is 22.0. The smallest absolute Gasteiger partial charge is 0.233 e. The molecule has 3 rings (SSSR count). The lowest BCUT2D eigenvalue weighted by Gasteiger charge is -2.27. The lowest BCUT2D eigenvalue weighted by Crippen LogP contribution is -2.48. The number of sulfonamides is 1. The molecule has 1 aliphatic rings. The molecule has 11 heteroatoms. The van der Waals surface area contributed by atoms with Crippen LogP contribution in [0.5, 0.6) is 5.75 Å². The summed E-state index contributed by atoms with van der Waals surface area (Å²) in [5, 5.41) is 20.4. The third-order valence-corrected chi connectivity index (χ3v) is 6.84. The van der Waals surface area contributed by atoms with Crippen LogP contribution in [0, 0.1) is 19.0 Å². The zero-order valence-electron chi connectivity index (χ0n) is 15.3. The van der Waals surface area contributed by atoms with Crippen molar-refractivity contribution >= 4 is 33.0 Å². The Hall–Kier alpha value is -2.73. The maximum Gasteiger partial charge on any atom is 0.233 e. The molecule has 0 unspecified atom stereocenters. The Morgan fingerprint density at radius 2 is 2.03 bits per heavy atom. The fourth-order valence-electron chi connectivity index (χ4n) is 3.08. The summed E-state index contributed by atoms with van der Waals surface area (Å²) in [4.78, 5) is 5.84. The molecule has 2 aromatic rings. The van der Waals surface area contributed by atoms with E-state index in [1.165, 1.54) is 30.3 Å². The number of para-hydroxylation sites is 1. The van der Waals surface area contributed by atoms with Gasteiger partial charge in [-0.25, -0.2) is 22.5 Å². The van der Waals surface area contributed by atoms with Crippen molar-refractivity contribution in [3.63, 3.8) is 0 Å². The molecule has 0 aromatic heterocycles. The lowest BCUT2D eigenvalue weighted by molar-refractivity contribution is -0.0641. The fraction of sp³-hybridized carbons (Fsp3) is 0.263. The quantitative estimate of drug-likeness (QED) is 0.681. The number of ether oxygens (including phenoxy) is 1. The van der Waals surface area contributed by atoms with Crippen LogP contribution in [-0.2, 0) is 10.0 Å². The lowest BCUT2D eigenvalue weighted by atomic mass is 10.0. The van der Waals surface area contributed by atoms with Gasteiger partial charge in [0.15, 0.2) is 0 Å². The van der Waals surface area contributed by atoms with Crippen LogP contribution in [0.4, 0.5) is 15.8 Å². The van der Waals surface area contributed by atoms with Gasteiger partial charge in [0.25, 0.3) is 0 Å². The SMILES string of the molecule is [C-]#[N+]c1ccc(O[C@H]2CN(S(=O)(=O)c3cccc(Cl)c3[N+]#[C-])C[C@@]2(O)CO)cc1F. The molecule has 156 valence electrons. The predicted octanol–water partition coefficient (Wildman–Crippen LogP) is 2.76. The van der Waals surface area contributed by atoms with Crippen molar-refractivity contribution in [2.24, 2.45) is 0 Å². The van der Waals surface area contributed by atoms with E-state index in [0.717, 1.165) is 10.4 Å². The van der Waals surface area contributed by atoms with Gasteiger partial charge in [0, 0.05) is 17.6 Å². The van der Waals surface area contributed by atoms with Gasteiger partial charge in [0.2, 0.25) is 21.4 Å². The monoisotopic (exact) mass is 451 g/mol. The number of nitrogens with zero attached hydrogens (tertiary/aromatic N) is 3. The Balaban J connectivity index is 1.93. The van der Waals surface area contributed by atoms with Crippen molar-refractivity contribution in [1.82, 2.24) is 4.31 Å². The molecule has 0 saturated carbocycles. The van der Waals surface area contributed by atoms with Crippen LogP contribution in [-0.4, -0.2) is 54.3 Å². The van der Waals surface area contributed by atoms with Gasteiger partial charge in [-0.15, -0.1) is 0 Å². The van der Waals surface area contributed by atoms with Crippen LogP contribution in [0.3, 0.4) is 0 Å². The number of β-amino-alcohol motifs (C(OH)–C–C–N with tert-alkyl or cyclic N) is 1. The number of aliphatic hydroxyl groups is 2. The Labute approximate surface area is 177 Å². The minimum atomic E-state index is -4.26. The van der Waals surface area contributed by atoms with Crippen LogP contribution >= 0.6 is 11.6 Å². The third kappa shape index (κ3) is 3.84. The summed E-state index contributed by atoms with van der Waals surface area (Å²) >= 11 is 5.93. The molecule has 0 spiro atoms. The van der Waals surface area contributed by atoms with Crippen molar-refractivity contribution < 1.29 is 27.8 Å². The Kier molecular flexibility index (Phi) is 5.99. The van der Waals surface area contributed by atoms with E-state index < -0.39 is 40.7 Å². The predicted molar refractivity (Wildman–Crippen MR) is 106 cm³/mol. The van der Waals surface area contributed by atoms with E-state index in [0.29, 0.717) is 0 Å². The molecule has 8 nitrogen and oxygen atoms in total. The first-order chi connectivity index (χ1) is 14.2. The van der Waals surface area contributed by atoms with Gasteiger partial charge in [-0.3, -0.25) is 0 Å². The average molecular weight is 452 g/mol. The summed E-state index contributed by atoms with van der Waals surface area (Å²) in [5.74, 6) is -0.876. The highest BCUT2D eigenvalue weighted by atomic mass is 35.5. The summed E-state index contributed by atoms with van der Waals surface area (Å²) in [6.07, 6.45) is -1.23. The average Bonchev–Trinajstić information content (AvgIpc) is 3.05. The second-order valence-corrected chi connectivity index (χ2v) is 8.90. The molecule has 0 aliphatic carbocycles. The Morgan fingerprint density at radius 1 is 1.30 bits per heavy atom. The Morgan fingerprint density at radius 3 is 2.63 bits per heavy atom. The van der Waals surface area contributed by atoms with E-state index in [1.54, 1.807) is 0 Å². The summed E-state index contributed by atoms with van der Waals surface area (Å²) in [7, 11) is -4.26. The van der Waals surface area contributed by atoms with Gasteiger partial charge in [-0.05, 0) is 12.1 Å². The number of rotatable bonds is 5. The van der Waals surface area contributed by atoms with Gasteiger partial charge in [-0.1, -0.05) is 29.8 Å². The minimum Gasteiger partial charge on any atom is -0.486 e. The van der Waals surface area contributed by atoms with Gasteiger partial charge in [0.05, 0.1) is 31.2 Å². The molecule has 1 aliphatic heterocycles. The van der Waals surface area contributed by atoms with Gasteiger partial charge >= 0.3 is 0 Å². The van der Waals surface area contributed by atoms with E-state index in [4.69, 9.17) is 29.5 Å². The van der Waals surface area contributed by atoms with Crippen molar-refractivity contribution in [2.45, 2.75) is 16.6 Å². The maximum absolute atomic E-state index is 13.9. The van der Waals surface area contributed by atoms with Gasteiger partial charge in [-0.2, -0.15) is 4.31 Å². The van der Waals surface area contributed by atoms with Crippen LogP contribution < -0.4 is 4.74 Å². The first-order valence-electron chi connectivity index (χ1n) is 8.49. The molecular formula is C19H15ClFN3O5S. The highest BCUT2D eigenvalue weighted by Crippen LogP contribution is 2.37. The van der Waals surface area contributed by atoms with E-state index in [9.17, 15) is 23.0 Å². The molecule has 1 heterocycles. The molecule has 2 atom stereocenters. The fourth-order valence-corrected chi connectivity index (χ4v) is 5.00. The highest BCUT2D eigenvalue weighted by molar-refractivity contribution is 7.89. The topological polar surface area (TPSA) is 95.8 Å². The second kappa shape index (κ2) is 8.19. The number of hydrogen-bond donors (Lipinski definition) is 2. The second-order valence-electron chi connectivity index (χ2n) is 6.59. The number of halogens is 2. The van der Waals surface area contributed by atoms with Crippen LogP contribution in [0.25, 0.3) is 9.69 Å². The molecule has 30 heavy (non-hydrogen) atoms. The summed E-state index contributed by atoms with van der Waals surface area (Å²) in [6.45, 7) is 12.4. The van der Waals surface area contributed by atoms with E-state index in [2.05, 4.69) is 9.69 Å². The maximum atomic E-state index is 13.9. The molecular weight excluding hydrogens is 437 g/mol. The molecule has 2 aromatic carbocycles. The Bertz CT molecular complexity index is 1180. The summed E-state index contributed by atoms with van der Waals surface area (Å²) in [5.41, 5.74) is -2.45. The molecule has 0 amide bonds. The molecule has 1 saturated heterocycles. The molecule has 1 fully saturated rings. The van der Waals surface area contributed by atoms with Crippen LogP contribution in [0.2, 0.25) is 5.02 Å². The highest BCUT2D eigenvalue weighted by Gasteiger charge is 2.51. The third-order valence-electron chi connectivity index (χ3n) is 4.69.